The van der Waals surface area contributed by atoms with Gasteiger partial charge in [-0.1, -0.05) is 30.3 Å². The highest BCUT2D eigenvalue weighted by Gasteiger charge is 2.49. The molecule has 32 heavy (non-hydrogen) atoms. The SMILES string of the molecule is CC(OC(C)(C)C)C(NCc1ccccc1)(C(=O)OC(C)(C)C)c1ccc([N+](=O)[O-])cc1. The van der Waals surface area contributed by atoms with Crippen LogP contribution in [0.4, 0.5) is 5.69 Å². The summed E-state index contributed by atoms with van der Waals surface area (Å²) < 4.78 is 12.1. The van der Waals surface area contributed by atoms with Crippen LogP contribution in [0, 0.1) is 10.1 Å². The van der Waals surface area contributed by atoms with Gasteiger partial charge in [0.1, 0.15) is 5.60 Å². The molecule has 2 aromatic rings. The molecule has 0 aliphatic carbocycles. The summed E-state index contributed by atoms with van der Waals surface area (Å²) in [6.45, 7) is 13.3. The van der Waals surface area contributed by atoms with E-state index in [1.807, 2.05) is 58.0 Å². The Morgan fingerprint density at radius 1 is 0.969 bits per heavy atom. The Morgan fingerprint density at radius 2 is 1.53 bits per heavy atom. The third-order valence-corrected chi connectivity index (χ3v) is 4.81. The summed E-state index contributed by atoms with van der Waals surface area (Å²) in [7, 11) is 0. The molecule has 0 aliphatic rings. The lowest BCUT2D eigenvalue weighted by Crippen LogP contribution is -2.60. The van der Waals surface area contributed by atoms with Gasteiger partial charge in [-0.2, -0.15) is 0 Å². The highest BCUT2D eigenvalue weighted by Crippen LogP contribution is 2.34. The van der Waals surface area contributed by atoms with E-state index in [0.29, 0.717) is 12.1 Å². The summed E-state index contributed by atoms with van der Waals surface area (Å²) in [5.74, 6) is -0.508. The number of benzene rings is 2. The molecule has 0 bridgehead atoms. The van der Waals surface area contributed by atoms with Crippen molar-refractivity contribution in [3.05, 3.63) is 75.8 Å². The van der Waals surface area contributed by atoms with Crippen molar-refractivity contribution in [2.24, 2.45) is 0 Å². The van der Waals surface area contributed by atoms with Gasteiger partial charge < -0.3 is 9.47 Å². The van der Waals surface area contributed by atoms with E-state index in [2.05, 4.69) is 5.32 Å². The molecule has 0 radical (unpaired) electrons. The normalized spacial score (nSPS) is 15.0. The number of carbonyl (C=O) groups is 1. The molecule has 7 nitrogen and oxygen atoms in total. The lowest BCUT2D eigenvalue weighted by Gasteiger charge is -2.42. The molecule has 0 aliphatic heterocycles. The van der Waals surface area contributed by atoms with Crippen molar-refractivity contribution >= 4 is 11.7 Å². The predicted octanol–water partition coefficient (Wildman–Crippen LogP) is 5.13. The lowest BCUT2D eigenvalue weighted by molar-refractivity contribution is -0.384. The fourth-order valence-corrected chi connectivity index (χ4v) is 3.50. The molecule has 2 atom stereocenters. The van der Waals surface area contributed by atoms with E-state index in [1.54, 1.807) is 32.9 Å². The molecule has 0 saturated carbocycles. The zero-order valence-electron chi connectivity index (χ0n) is 20.0. The monoisotopic (exact) mass is 442 g/mol. The number of carbonyl (C=O) groups excluding carboxylic acids is 1. The minimum Gasteiger partial charge on any atom is -0.458 e. The van der Waals surface area contributed by atoms with Crippen molar-refractivity contribution < 1.29 is 19.2 Å². The van der Waals surface area contributed by atoms with Crippen LogP contribution >= 0.6 is 0 Å². The Kier molecular flexibility index (Phi) is 7.80. The third kappa shape index (κ3) is 6.61. The van der Waals surface area contributed by atoms with Crippen molar-refractivity contribution in [2.75, 3.05) is 0 Å². The molecule has 0 amide bonds. The zero-order chi connectivity index (χ0) is 24.2. The highest BCUT2D eigenvalue weighted by molar-refractivity contribution is 5.84. The first-order valence-electron chi connectivity index (χ1n) is 10.7. The number of rotatable bonds is 8. The van der Waals surface area contributed by atoms with E-state index in [1.165, 1.54) is 12.1 Å². The Labute approximate surface area is 190 Å². The van der Waals surface area contributed by atoms with Crippen LogP contribution in [0.3, 0.4) is 0 Å². The second-order valence-corrected chi connectivity index (χ2v) is 9.83. The van der Waals surface area contributed by atoms with Crippen molar-refractivity contribution in [1.29, 1.82) is 0 Å². The molecule has 1 N–H and O–H groups in total. The van der Waals surface area contributed by atoms with E-state index in [9.17, 15) is 14.9 Å². The lowest BCUT2D eigenvalue weighted by atomic mass is 9.83. The number of esters is 1. The first kappa shape index (κ1) is 25.5. The van der Waals surface area contributed by atoms with E-state index >= 15 is 0 Å². The molecule has 0 fully saturated rings. The van der Waals surface area contributed by atoms with Gasteiger partial charge in [0.2, 0.25) is 0 Å². The van der Waals surface area contributed by atoms with Crippen LogP contribution in [0.2, 0.25) is 0 Å². The number of nitro groups is 1. The maximum absolute atomic E-state index is 13.8. The first-order valence-corrected chi connectivity index (χ1v) is 10.7. The maximum Gasteiger partial charge on any atom is 0.334 e. The molecule has 2 unspecified atom stereocenters. The number of nitro benzene ring substituents is 1. The van der Waals surface area contributed by atoms with Gasteiger partial charge in [0.25, 0.3) is 5.69 Å². The van der Waals surface area contributed by atoms with Gasteiger partial charge in [0.15, 0.2) is 5.54 Å². The molecule has 0 saturated heterocycles. The summed E-state index contributed by atoms with van der Waals surface area (Å²) >= 11 is 0. The highest BCUT2D eigenvalue weighted by atomic mass is 16.6. The number of hydrogen-bond donors (Lipinski definition) is 1. The average Bonchev–Trinajstić information content (AvgIpc) is 2.67. The van der Waals surface area contributed by atoms with Gasteiger partial charge in [-0.05, 0) is 71.7 Å². The van der Waals surface area contributed by atoms with Gasteiger partial charge in [0, 0.05) is 18.7 Å². The predicted molar refractivity (Wildman–Crippen MR) is 124 cm³/mol. The number of nitrogens with zero attached hydrogens (tertiary/aromatic N) is 1. The summed E-state index contributed by atoms with van der Waals surface area (Å²) in [5.41, 5.74) is -1.22. The van der Waals surface area contributed by atoms with Crippen molar-refractivity contribution in [1.82, 2.24) is 5.32 Å². The molecule has 0 spiro atoms. The molecule has 174 valence electrons. The van der Waals surface area contributed by atoms with Crippen molar-refractivity contribution in [2.45, 2.75) is 77.9 Å². The molecular weight excluding hydrogens is 408 g/mol. The second kappa shape index (κ2) is 9.79. The van der Waals surface area contributed by atoms with Crippen LogP contribution in [0.15, 0.2) is 54.6 Å². The van der Waals surface area contributed by atoms with Crippen LogP contribution in [-0.4, -0.2) is 28.2 Å². The average molecular weight is 443 g/mol. The molecule has 7 heteroatoms. The molecular formula is C25H34N2O5. The van der Waals surface area contributed by atoms with Gasteiger partial charge in [-0.3, -0.25) is 15.4 Å². The quantitative estimate of drug-likeness (QED) is 0.346. The fraction of sp³-hybridized carbons (Fsp3) is 0.480. The van der Waals surface area contributed by atoms with Crippen LogP contribution in [0.1, 0.15) is 59.6 Å². The van der Waals surface area contributed by atoms with Crippen molar-refractivity contribution in [3.63, 3.8) is 0 Å². The van der Waals surface area contributed by atoms with E-state index in [0.717, 1.165) is 5.56 Å². The van der Waals surface area contributed by atoms with Gasteiger partial charge in [-0.25, -0.2) is 4.79 Å². The summed E-state index contributed by atoms with van der Waals surface area (Å²) in [6.07, 6.45) is -0.650. The van der Waals surface area contributed by atoms with E-state index in [4.69, 9.17) is 9.47 Å². The minimum absolute atomic E-state index is 0.0562. The van der Waals surface area contributed by atoms with Gasteiger partial charge in [0.05, 0.1) is 16.6 Å². The van der Waals surface area contributed by atoms with Crippen LogP contribution in [0.25, 0.3) is 0 Å². The number of hydrogen-bond acceptors (Lipinski definition) is 6. The third-order valence-electron chi connectivity index (χ3n) is 4.81. The standard InChI is InChI=1S/C25H34N2O5/c1-18(31-23(2,3)4)25(22(28)32-24(5,6)7,26-17-19-11-9-8-10-12-19)20-13-15-21(16-14-20)27(29)30/h8-16,18,26H,17H2,1-7H3. The molecule has 2 rings (SSSR count). The Balaban J connectivity index is 2.63. The Morgan fingerprint density at radius 3 is 2.00 bits per heavy atom. The largest absolute Gasteiger partial charge is 0.458 e. The van der Waals surface area contributed by atoms with Crippen LogP contribution in [0.5, 0.6) is 0 Å². The maximum atomic E-state index is 13.8. The molecule has 0 heterocycles. The van der Waals surface area contributed by atoms with Crippen LogP contribution < -0.4 is 5.32 Å². The Hall–Kier alpha value is -2.77. The van der Waals surface area contributed by atoms with Crippen LogP contribution in [-0.2, 0) is 26.4 Å². The smallest absolute Gasteiger partial charge is 0.334 e. The second-order valence-electron chi connectivity index (χ2n) is 9.83. The van der Waals surface area contributed by atoms with Crippen molar-refractivity contribution in [3.8, 4) is 0 Å². The van der Waals surface area contributed by atoms with Gasteiger partial charge >= 0.3 is 5.97 Å². The summed E-state index contributed by atoms with van der Waals surface area (Å²) in [6, 6.07) is 15.6. The summed E-state index contributed by atoms with van der Waals surface area (Å²) in [5, 5.41) is 14.6. The topological polar surface area (TPSA) is 90.7 Å². The molecule has 2 aromatic carbocycles. The minimum atomic E-state index is -1.40. The fourth-order valence-electron chi connectivity index (χ4n) is 3.50. The van der Waals surface area contributed by atoms with E-state index < -0.39 is 33.7 Å². The van der Waals surface area contributed by atoms with E-state index in [-0.39, 0.29) is 5.69 Å². The number of ether oxygens (including phenoxy) is 2. The summed E-state index contributed by atoms with van der Waals surface area (Å²) in [4.78, 5) is 24.5. The number of nitrogens with one attached hydrogen (secondary N) is 1. The Bertz CT molecular complexity index is 914. The number of non-ortho nitro benzene ring substituents is 1. The zero-order valence-corrected chi connectivity index (χ0v) is 20.0. The molecule has 0 aromatic heterocycles. The first-order chi connectivity index (χ1) is 14.7. The van der Waals surface area contributed by atoms with Gasteiger partial charge in [-0.15, -0.1) is 0 Å².